The van der Waals surface area contributed by atoms with Crippen LogP contribution in [0.2, 0.25) is 5.02 Å². The predicted octanol–water partition coefficient (Wildman–Crippen LogP) is 2.10. The average molecular weight is 255 g/mol. The maximum atomic E-state index is 12.0. The van der Waals surface area contributed by atoms with Gasteiger partial charge >= 0.3 is 6.18 Å². The molecule has 8 heteroatoms. The Morgan fingerprint density at radius 2 is 2.06 bits per heavy atom. The number of alkyl halides is 3. The van der Waals surface area contributed by atoms with Crippen LogP contribution in [0, 0.1) is 0 Å². The second kappa shape index (κ2) is 4.73. The van der Waals surface area contributed by atoms with Crippen LogP contribution < -0.4 is 10.6 Å². The van der Waals surface area contributed by atoms with Gasteiger partial charge in [-0.3, -0.25) is 0 Å². The lowest BCUT2D eigenvalue weighted by Gasteiger charge is -2.20. The minimum Gasteiger partial charge on any atom is -0.382 e. The first-order valence-corrected chi connectivity index (χ1v) is 4.73. The zero-order valence-corrected chi connectivity index (χ0v) is 9.18. The lowest BCUT2D eigenvalue weighted by Crippen LogP contribution is -2.25. The summed E-state index contributed by atoms with van der Waals surface area (Å²) in [6.45, 7) is -0.236. The quantitative estimate of drug-likeness (QED) is 0.898. The number of hydrogen-bond donors (Lipinski definition) is 1. The molecule has 0 saturated heterocycles. The Bertz CT molecular complexity index is 369. The van der Waals surface area contributed by atoms with Crippen molar-refractivity contribution >= 4 is 23.2 Å². The van der Waals surface area contributed by atoms with E-state index in [-0.39, 0.29) is 23.2 Å². The van der Waals surface area contributed by atoms with Crippen LogP contribution in [-0.4, -0.2) is 29.7 Å². The van der Waals surface area contributed by atoms with E-state index < -0.39 is 12.6 Å². The molecule has 0 aromatic carbocycles. The van der Waals surface area contributed by atoms with Crippen LogP contribution in [0.1, 0.15) is 6.42 Å². The van der Waals surface area contributed by atoms with Crippen molar-refractivity contribution in [3.63, 3.8) is 0 Å². The maximum absolute atomic E-state index is 12.0. The molecular formula is C8H10ClF3N4. The number of nitrogens with two attached hydrogens (primary N) is 1. The van der Waals surface area contributed by atoms with Gasteiger partial charge in [0.05, 0.1) is 6.42 Å². The molecule has 1 heterocycles. The Morgan fingerprint density at radius 1 is 1.44 bits per heavy atom. The molecule has 2 N–H and O–H groups in total. The largest absolute Gasteiger partial charge is 0.390 e. The lowest BCUT2D eigenvalue weighted by atomic mass is 10.3. The molecule has 0 unspecified atom stereocenters. The van der Waals surface area contributed by atoms with Crippen molar-refractivity contribution in [1.29, 1.82) is 0 Å². The molecule has 0 spiro atoms. The molecule has 0 aliphatic rings. The Hall–Kier alpha value is -1.24. The van der Waals surface area contributed by atoms with Crippen LogP contribution in [0.25, 0.3) is 0 Å². The molecule has 16 heavy (non-hydrogen) atoms. The summed E-state index contributed by atoms with van der Waals surface area (Å²) in [4.78, 5) is 8.68. The van der Waals surface area contributed by atoms with Crippen molar-refractivity contribution in [1.82, 2.24) is 9.97 Å². The Kier molecular flexibility index (Phi) is 3.79. The van der Waals surface area contributed by atoms with E-state index in [2.05, 4.69) is 9.97 Å². The van der Waals surface area contributed by atoms with E-state index in [4.69, 9.17) is 17.3 Å². The molecule has 0 atom stereocenters. The minimum absolute atomic E-state index is 0.0468. The minimum atomic E-state index is -4.21. The van der Waals surface area contributed by atoms with Gasteiger partial charge in [-0.1, -0.05) is 11.6 Å². The fraction of sp³-hybridized carbons (Fsp3) is 0.500. The number of anilines is 2. The second-order valence-electron chi connectivity index (χ2n) is 3.18. The molecule has 1 aromatic rings. The zero-order chi connectivity index (χ0) is 12.3. The van der Waals surface area contributed by atoms with Crippen LogP contribution in [-0.2, 0) is 0 Å². The molecule has 0 bridgehead atoms. The second-order valence-corrected chi connectivity index (χ2v) is 3.56. The summed E-state index contributed by atoms with van der Waals surface area (Å²) in [5.41, 5.74) is 5.41. The number of halogens is 4. The highest BCUT2D eigenvalue weighted by Gasteiger charge is 2.27. The number of aromatic nitrogens is 2. The van der Waals surface area contributed by atoms with E-state index in [0.29, 0.717) is 0 Å². The van der Waals surface area contributed by atoms with Gasteiger partial charge in [0.2, 0.25) is 0 Å². The third-order valence-corrected chi connectivity index (χ3v) is 2.25. The van der Waals surface area contributed by atoms with Crippen molar-refractivity contribution in [2.45, 2.75) is 12.6 Å². The van der Waals surface area contributed by atoms with Crippen molar-refractivity contribution < 1.29 is 13.2 Å². The van der Waals surface area contributed by atoms with Gasteiger partial charge in [0.15, 0.2) is 5.82 Å². The molecule has 0 aliphatic heterocycles. The number of nitrogen functional groups attached to an aromatic ring is 1. The van der Waals surface area contributed by atoms with Gasteiger partial charge in [-0.15, -0.1) is 0 Å². The monoisotopic (exact) mass is 254 g/mol. The first kappa shape index (κ1) is 12.8. The zero-order valence-electron chi connectivity index (χ0n) is 8.42. The van der Waals surface area contributed by atoms with E-state index in [0.717, 1.165) is 6.33 Å². The van der Waals surface area contributed by atoms with Crippen LogP contribution in [0.3, 0.4) is 0 Å². The molecule has 0 aliphatic carbocycles. The maximum Gasteiger partial charge on any atom is 0.390 e. The highest BCUT2D eigenvalue weighted by Crippen LogP contribution is 2.27. The Labute approximate surface area is 95.2 Å². The van der Waals surface area contributed by atoms with E-state index >= 15 is 0 Å². The summed E-state index contributed by atoms with van der Waals surface area (Å²) in [7, 11) is 1.46. The number of hydrogen-bond acceptors (Lipinski definition) is 4. The van der Waals surface area contributed by atoms with Gasteiger partial charge in [0.25, 0.3) is 0 Å². The van der Waals surface area contributed by atoms with Crippen molar-refractivity contribution in [2.75, 3.05) is 24.2 Å². The fourth-order valence-electron chi connectivity index (χ4n) is 1.04. The summed E-state index contributed by atoms with van der Waals surface area (Å²) < 4.78 is 36.0. The van der Waals surface area contributed by atoms with Crippen molar-refractivity contribution in [3.05, 3.63) is 11.3 Å². The Balaban J connectivity index is 2.73. The van der Waals surface area contributed by atoms with Gasteiger partial charge in [0, 0.05) is 13.6 Å². The van der Waals surface area contributed by atoms with E-state index in [1.165, 1.54) is 11.9 Å². The molecule has 1 rings (SSSR count). The smallest absolute Gasteiger partial charge is 0.382 e. The van der Waals surface area contributed by atoms with E-state index in [9.17, 15) is 13.2 Å². The molecule has 0 radical (unpaired) electrons. The summed E-state index contributed by atoms with van der Waals surface area (Å²) in [6, 6.07) is 0. The van der Waals surface area contributed by atoms with Crippen LogP contribution in [0.4, 0.5) is 24.8 Å². The van der Waals surface area contributed by atoms with E-state index in [1.807, 2.05) is 0 Å². The third kappa shape index (κ3) is 3.41. The highest BCUT2D eigenvalue weighted by atomic mass is 35.5. The standard InChI is InChI=1S/C8H10ClF3N4/c1-16(3-2-8(10,11)12)7-5(9)6(13)14-4-15-7/h4H,2-3H2,1H3,(H2,13,14,15). The van der Waals surface area contributed by atoms with Crippen molar-refractivity contribution in [3.8, 4) is 0 Å². The average Bonchev–Trinajstić information content (AvgIpc) is 2.17. The molecule has 0 fully saturated rings. The molecular weight excluding hydrogens is 245 g/mol. The highest BCUT2D eigenvalue weighted by molar-refractivity contribution is 6.35. The summed E-state index contributed by atoms with van der Waals surface area (Å²) in [5, 5.41) is 0.0622. The van der Waals surface area contributed by atoms with Gasteiger partial charge in [-0.05, 0) is 0 Å². The van der Waals surface area contributed by atoms with E-state index in [1.54, 1.807) is 0 Å². The molecule has 4 nitrogen and oxygen atoms in total. The predicted molar refractivity (Wildman–Crippen MR) is 55.4 cm³/mol. The number of rotatable bonds is 3. The first-order valence-electron chi connectivity index (χ1n) is 4.35. The normalized spacial score (nSPS) is 11.6. The lowest BCUT2D eigenvalue weighted by molar-refractivity contribution is -0.132. The third-order valence-electron chi connectivity index (χ3n) is 1.89. The molecule has 0 saturated carbocycles. The van der Waals surface area contributed by atoms with Crippen LogP contribution >= 0.6 is 11.6 Å². The van der Waals surface area contributed by atoms with Gasteiger partial charge in [0.1, 0.15) is 17.2 Å². The molecule has 1 aromatic heterocycles. The molecule has 90 valence electrons. The van der Waals surface area contributed by atoms with Gasteiger partial charge in [-0.25, -0.2) is 9.97 Å². The van der Waals surface area contributed by atoms with Crippen molar-refractivity contribution in [2.24, 2.45) is 0 Å². The summed E-state index contributed by atoms with van der Waals surface area (Å²) in [5.74, 6) is 0.240. The summed E-state index contributed by atoms with van der Waals surface area (Å²) in [6.07, 6.45) is -4.00. The SMILES string of the molecule is CN(CCC(F)(F)F)c1ncnc(N)c1Cl. The molecule has 0 amide bonds. The van der Waals surface area contributed by atoms with Crippen LogP contribution in [0.15, 0.2) is 6.33 Å². The first-order chi connectivity index (χ1) is 7.31. The fourth-order valence-corrected chi connectivity index (χ4v) is 1.28. The summed E-state index contributed by atoms with van der Waals surface area (Å²) >= 11 is 5.77. The van der Waals surface area contributed by atoms with Crippen LogP contribution in [0.5, 0.6) is 0 Å². The topological polar surface area (TPSA) is 55.0 Å². The number of nitrogens with zero attached hydrogens (tertiary/aromatic N) is 3. The van der Waals surface area contributed by atoms with Gasteiger partial charge in [-0.2, -0.15) is 13.2 Å². The van der Waals surface area contributed by atoms with Gasteiger partial charge < -0.3 is 10.6 Å². The Morgan fingerprint density at radius 3 is 2.62 bits per heavy atom.